The van der Waals surface area contributed by atoms with Crippen molar-refractivity contribution in [3.63, 3.8) is 0 Å². The Balaban J connectivity index is 0.000000254. The van der Waals surface area contributed by atoms with Gasteiger partial charge in [0.1, 0.15) is 0 Å². The van der Waals surface area contributed by atoms with Crippen LogP contribution in [0.15, 0.2) is 0 Å². The van der Waals surface area contributed by atoms with E-state index in [1.807, 2.05) is 28.1 Å². The maximum Gasteiger partial charge on any atom is 0.0496 e. The minimum Gasteiger partial charge on any atom is -0.396 e. The second-order valence-corrected chi connectivity index (χ2v) is 20.8. The summed E-state index contributed by atoms with van der Waals surface area (Å²) in [4.78, 5) is 0. The van der Waals surface area contributed by atoms with Crippen molar-refractivity contribution in [1.29, 1.82) is 0 Å². The van der Waals surface area contributed by atoms with E-state index in [0.29, 0.717) is 48.7 Å². The summed E-state index contributed by atoms with van der Waals surface area (Å²) in [6, 6.07) is 0. The lowest BCUT2D eigenvalue weighted by atomic mass is 9.72. The predicted octanol–water partition coefficient (Wildman–Crippen LogP) is 9.50. The molecular weight excluding hydrogens is 753 g/mol. The average molecular weight is 851 g/mol. The third-order valence-corrected chi connectivity index (χ3v) is 18.7. The molecule has 0 bridgehead atoms. The molecule has 0 aromatic heterocycles. The van der Waals surface area contributed by atoms with E-state index in [1.54, 1.807) is 14.2 Å². The highest BCUT2D eigenvalue weighted by atomic mass is 16.5. The van der Waals surface area contributed by atoms with E-state index in [0.717, 1.165) is 104 Å². The first-order valence-electron chi connectivity index (χ1n) is 25.6. The van der Waals surface area contributed by atoms with Crippen molar-refractivity contribution >= 4 is 0 Å². The maximum atomic E-state index is 10.0. The second-order valence-electron chi connectivity index (χ2n) is 20.8. The smallest absolute Gasteiger partial charge is 0.0496 e. The summed E-state index contributed by atoms with van der Waals surface area (Å²) in [5.74, 6) is 12.4. The van der Waals surface area contributed by atoms with Gasteiger partial charge in [0.2, 0.25) is 0 Å². The molecule has 6 rings (SSSR count). The fourth-order valence-electron chi connectivity index (χ4n) is 16.4. The van der Waals surface area contributed by atoms with Gasteiger partial charge in [-0.25, -0.2) is 0 Å². The lowest BCUT2D eigenvalue weighted by molar-refractivity contribution is 0.0445. The van der Waals surface area contributed by atoms with Crippen LogP contribution < -0.4 is 0 Å². The Kier molecular flexibility index (Phi) is 23.2. The number of rotatable bonds is 20. The van der Waals surface area contributed by atoms with E-state index in [-0.39, 0.29) is 50.1 Å². The fourth-order valence-corrected chi connectivity index (χ4v) is 16.4. The molecule has 0 aromatic rings. The van der Waals surface area contributed by atoms with E-state index in [4.69, 9.17) is 18.9 Å². The van der Waals surface area contributed by atoms with Crippen LogP contribution in [0.4, 0.5) is 0 Å². The largest absolute Gasteiger partial charge is 0.396 e. The predicted molar refractivity (Wildman–Crippen MR) is 244 cm³/mol. The SMILES string of the molecule is CC.CCC1CC(CC)[C@H](C2CCC([C@@H]3C(CC)CC(CC)C3COC)C2)C1COC.COCC1C(CO)CC(CO)[C@@H]1C1CCC([C@@H]2C(CO)CC(CO)C2COC)C1. The van der Waals surface area contributed by atoms with Crippen LogP contribution in [0, 0.1) is 118 Å². The van der Waals surface area contributed by atoms with E-state index in [1.165, 1.54) is 57.8 Å². The van der Waals surface area contributed by atoms with Crippen molar-refractivity contribution < 1.29 is 39.4 Å². The Morgan fingerprint density at radius 2 is 0.567 bits per heavy atom. The van der Waals surface area contributed by atoms with Crippen LogP contribution in [0.3, 0.4) is 0 Å². The van der Waals surface area contributed by atoms with Gasteiger partial charge in [-0.2, -0.15) is 0 Å². The van der Waals surface area contributed by atoms with Gasteiger partial charge in [-0.1, -0.05) is 67.2 Å². The number of aliphatic hydroxyl groups is 4. The molecule has 0 spiro atoms. The van der Waals surface area contributed by atoms with E-state index in [9.17, 15) is 20.4 Å². The standard InChI is InChI=1S/C27H50O2.C23H42O6.C2H6/c1-7-18-13-20(9-3)26(24(18)16-28-5)22-11-12-23(15-22)27-21(10-4)14-19(8-2)25(27)17-29-6;1-28-12-20-16(8-24)6-18(10-26)22(20)14-3-4-15(5-14)23-19(11-27)7-17(9-25)21(23)13-29-2;1-2/h18-27H,7-17H2,1-6H3;14-27H,3-13H2,1-2H3;1-2H3/t18?,19?,20?,21?,22?,23?,24?,25?,26-,27+;14?,15?,16?,17?,18?,19?,20?,21?,22-,23+;. The quantitative estimate of drug-likeness (QED) is 0.0958. The summed E-state index contributed by atoms with van der Waals surface area (Å²) in [5, 5.41) is 39.8. The van der Waals surface area contributed by atoms with Crippen LogP contribution in [0.1, 0.15) is 131 Å². The Morgan fingerprint density at radius 3 is 0.800 bits per heavy atom. The molecule has 16 unspecified atom stereocenters. The zero-order valence-electron chi connectivity index (χ0n) is 40.5. The molecule has 6 fully saturated rings. The van der Waals surface area contributed by atoms with Gasteiger partial charge in [0.25, 0.3) is 0 Å². The van der Waals surface area contributed by atoms with Gasteiger partial charge < -0.3 is 39.4 Å². The highest BCUT2D eigenvalue weighted by molar-refractivity contribution is 5.02. The summed E-state index contributed by atoms with van der Waals surface area (Å²) in [6.45, 7) is 17.7. The van der Waals surface area contributed by atoms with Crippen molar-refractivity contribution in [3.8, 4) is 0 Å². The van der Waals surface area contributed by atoms with Crippen molar-refractivity contribution in [2.75, 3.05) is 81.3 Å². The third kappa shape index (κ3) is 11.7. The van der Waals surface area contributed by atoms with Crippen LogP contribution in [0.25, 0.3) is 0 Å². The zero-order valence-corrected chi connectivity index (χ0v) is 40.5. The Hall–Kier alpha value is -0.320. The normalized spacial score (nSPS) is 43.9. The molecule has 6 saturated carbocycles. The first-order valence-corrected chi connectivity index (χ1v) is 25.6. The van der Waals surface area contributed by atoms with Gasteiger partial charge in [0.15, 0.2) is 0 Å². The van der Waals surface area contributed by atoms with Crippen LogP contribution in [-0.2, 0) is 18.9 Å². The molecule has 0 amide bonds. The van der Waals surface area contributed by atoms with E-state index < -0.39 is 0 Å². The number of hydrogen-bond acceptors (Lipinski definition) is 8. The van der Waals surface area contributed by atoms with Gasteiger partial charge in [-0.05, 0) is 183 Å². The van der Waals surface area contributed by atoms with Crippen molar-refractivity contribution in [1.82, 2.24) is 0 Å². The van der Waals surface area contributed by atoms with Crippen LogP contribution in [0.5, 0.6) is 0 Å². The van der Waals surface area contributed by atoms with Crippen molar-refractivity contribution in [2.24, 2.45) is 118 Å². The second kappa shape index (κ2) is 26.6. The number of hydrogen-bond donors (Lipinski definition) is 4. The Morgan fingerprint density at radius 1 is 0.333 bits per heavy atom. The molecule has 6 aliphatic rings. The molecule has 4 N–H and O–H groups in total. The third-order valence-electron chi connectivity index (χ3n) is 18.7. The first-order chi connectivity index (χ1) is 29.2. The van der Waals surface area contributed by atoms with Crippen LogP contribution >= 0.6 is 0 Å². The van der Waals surface area contributed by atoms with Crippen LogP contribution in [0.2, 0.25) is 0 Å². The monoisotopic (exact) mass is 851 g/mol. The molecular formula is C52H98O8. The lowest BCUT2D eigenvalue weighted by Crippen LogP contribution is -2.32. The summed E-state index contributed by atoms with van der Waals surface area (Å²) in [5.41, 5.74) is 0. The van der Waals surface area contributed by atoms with Crippen LogP contribution in [-0.4, -0.2) is 102 Å². The van der Waals surface area contributed by atoms with Gasteiger partial charge in [0.05, 0.1) is 0 Å². The summed E-state index contributed by atoms with van der Waals surface area (Å²) >= 11 is 0. The lowest BCUT2D eigenvalue weighted by Gasteiger charge is -2.34. The average Bonchev–Trinajstić information content (AvgIpc) is 4.14. The number of ether oxygens (including phenoxy) is 4. The molecule has 0 aliphatic heterocycles. The number of methoxy groups -OCH3 is 4. The molecule has 0 aromatic carbocycles. The first kappa shape index (κ1) is 52.3. The highest BCUT2D eigenvalue weighted by Crippen LogP contribution is 2.59. The molecule has 0 radical (unpaired) electrons. The molecule has 0 saturated heterocycles. The fraction of sp³-hybridized carbons (Fsp3) is 1.00. The molecule has 8 heteroatoms. The summed E-state index contributed by atoms with van der Waals surface area (Å²) in [6.07, 6.45) is 17.9. The topological polar surface area (TPSA) is 118 Å². The summed E-state index contributed by atoms with van der Waals surface area (Å²) < 4.78 is 22.5. The molecule has 6 aliphatic carbocycles. The highest BCUT2D eigenvalue weighted by Gasteiger charge is 2.53. The summed E-state index contributed by atoms with van der Waals surface area (Å²) in [7, 11) is 7.30. The molecule has 20 atom stereocenters. The van der Waals surface area contributed by atoms with Gasteiger partial charge in [-0.15, -0.1) is 0 Å². The molecule has 8 nitrogen and oxygen atoms in total. The molecule has 354 valence electrons. The minimum absolute atomic E-state index is 0.167. The number of aliphatic hydroxyl groups excluding tert-OH is 4. The maximum absolute atomic E-state index is 10.0. The van der Waals surface area contributed by atoms with Crippen molar-refractivity contribution in [3.05, 3.63) is 0 Å². The zero-order chi connectivity index (χ0) is 43.9. The molecule has 60 heavy (non-hydrogen) atoms. The van der Waals surface area contributed by atoms with E-state index in [2.05, 4.69) is 27.7 Å². The molecule has 0 heterocycles. The Labute approximate surface area is 369 Å². The van der Waals surface area contributed by atoms with Gasteiger partial charge in [-0.3, -0.25) is 0 Å². The minimum atomic E-state index is 0.167. The Bertz CT molecular complexity index is 969. The van der Waals surface area contributed by atoms with Gasteiger partial charge >= 0.3 is 0 Å². The van der Waals surface area contributed by atoms with Gasteiger partial charge in [0, 0.05) is 81.3 Å². The van der Waals surface area contributed by atoms with Crippen molar-refractivity contribution in [2.45, 2.75) is 131 Å². The van der Waals surface area contributed by atoms with E-state index >= 15 is 0 Å².